The van der Waals surface area contributed by atoms with Crippen molar-refractivity contribution in [2.24, 2.45) is 17.1 Å². The van der Waals surface area contributed by atoms with Gasteiger partial charge >= 0.3 is 0 Å². The van der Waals surface area contributed by atoms with Crippen molar-refractivity contribution in [1.82, 2.24) is 9.80 Å². The first-order valence-corrected chi connectivity index (χ1v) is 8.87. The molecule has 3 rings (SSSR count). The molecule has 0 aromatic heterocycles. The van der Waals surface area contributed by atoms with Gasteiger partial charge in [-0.15, -0.1) is 0 Å². The summed E-state index contributed by atoms with van der Waals surface area (Å²) in [5.74, 6) is 0.628. The number of rotatable bonds is 3. The predicted octanol–water partition coefficient (Wildman–Crippen LogP) is 1.74. The van der Waals surface area contributed by atoms with E-state index in [1.807, 2.05) is 47.1 Å². The molecule has 2 unspecified atom stereocenters. The molecule has 2 heterocycles. The highest BCUT2D eigenvalue weighted by molar-refractivity contribution is 5.95. The second-order valence-corrected chi connectivity index (χ2v) is 7.40. The van der Waals surface area contributed by atoms with Gasteiger partial charge in [-0.2, -0.15) is 0 Å². The predicted molar refractivity (Wildman–Crippen MR) is 93.4 cm³/mol. The van der Waals surface area contributed by atoms with Crippen LogP contribution in [0, 0.1) is 11.3 Å². The lowest BCUT2D eigenvalue weighted by atomic mass is 9.80. The average Bonchev–Trinajstić information content (AvgIpc) is 3.10. The van der Waals surface area contributed by atoms with Crippen LogP contribution in [-0.4, -0.2) is 54.3 Å². The maximum absolute atomic E-state index is 13.0. The minimum Gasteiger partial charge on any atom is -0.342 e. The lowest BCUT2D eigenvalue weighted by Gasteiger charge is -2.41. The third kappa shape index (κ3) is 3.31. The van der Waals surface area contributed by atoms with Gasteiger partial charge in [0.2, 0.25) is 5.91 Å². The Bertz CT molecular complexity index is 604. The van der Waals surface area contributed by atoms with Gasteiger partial charge in [-0.25, -0.2) is 0 Å². The fourth-order valence-electron chi connectivity index (χ4n) is 3.94. The molecular formula is C19H27N3O2. The number of nitrogens with zero attached hydrogens (tertiary/aromatic N) is 2. The number of likely N-dealkylation sites (tertiary alicyclic amines) is 2. The van der Waals surface area contributed by atoms with E-state index < -0.39 is 5.41 Å². The largest absolute Gasteiger partial charge is 0.342 e. The van der Waals surface area contributed by atoms with E-state index in [1.165, 1.54) is 0 Å². The molecule has 0 spiro atoms. The molecule has 24 heavy (non-hydrogen) atoms. The number of nitrogens with two attached hydrogens (primary N) is 1. The number of carbonyl (C=O) groups excluding carboxylic acids is 2. The van der Waals surface area contributed by atoms with Crippen LogP contribution in [0.4, 0.5) is 0 Å². The van der Waals surface area contributed by atoms with E-state index in [-0.39, 0.29) is 11.8 Å². The van der Waals surface area contributed by atoms with Crippen LogP contribution in [0.3, 0.4) is 0 Å². The molecule has 2 fully saturated rings. The molecule has 0 saturated carbocycles. The van der Waals surface area contributed by atoms with Gasteiger partial charge in [-0.3, -0.25) is 9.59 Å². The summed E-state index contributed by atoms with van der Waals surface area (Å²) >= 11 is 0. The van der Waals surface area contributed by atoms with E-state index in [1.54, 1.807) is 0 Å². The molecule has 130 valence electrons. The molecule has 2 amide bonds. The first-order valence-electron chi connectivity index (χ1n) is 8.87. The summed E-state index contributed by atoms with van der Waals surface area (Å²) in [6.45, 7) is 5.43. The van der Waals surface area contributed by atoms with Gasteiger partial charge in [0.1, 0.15) is 0 Å². The van der Waals surface area contributed by atoms with Crippen molar-refractivity contribution in [2.75, 3.05) is 32.7 Å². The minimum absolute atomic E-state index is 0.0237. The molecule has 2 aliphatic rings. The fourth-order valence-corrected chi connectivity index (χ4v) is 3.94. The van der Waals surface area contributed by atoms with Crippen LogP contribution in [0.1, 0.15) is 36.5 Å². The van der Waals surface area contributed by atoms with Crippen molar-refractivity contribution >= 4 is 11.8 Å². The minimum atomic E-state index is -0.480. The van der Waals surface area contributed by atoms with Crippen LogP contribution in [0.2, 0.25) is 0 Å². The third-order valence-corrected chi connectivity index (χ3v) is 5.43. The average molecular weight is 329 g/mol. The van der Waals surface area contributed by atoms with Crippen molar-refractivity contribution in [1.29, 1.82) is 0 Å². The number of piperidine rings is 1. The standard InChI is InChI=1S/C19H27N3O2/c1-19(18(24)21-11-8-15(12-20)13-21)9-5-10-22(14-19)17(23)16-6-3-2-4-7-16/h2-4,6-7,15H,5,8-14,20H2,1H3. The van der Waals surface area contributed by atoms with Crippen LogP contribution in [0.15, 0.2) is 30.3 Å². The zero-order valence-corrected chi connectivity index (χ0v) is 14.4. The molecule has 5 nitrogen and oxygen atoms in total. The van der Waals surface area contributed by atoms with Gasteiger partial charge in [-0.1, -0.05) is 18.2 Å². The molecule has 2 N–H and O–H groups in total. The van der Waals surface area contributed by atoms with E-state index in [2.05, 4.69) is 0 Å². The number of hydrogen-bond acceptors (Lipinski definition) is 3. The molecule has 2 saturated heterocycles. The molecular weight excluding hydrogens is 302 g/mol. The van der Waals surface area contributed by atoms with E-state index >= 15 is 0 Å². The SMILES string of the molecule is CC1(C(=O)N2CCC(CN)C2)CCCN(C(=O)c2ccccc2)C1. The highest BCUT2D eigenvalue weighted by atomic mass is 16.2. The number of hydrogen-bond donors (Lipinski definition) is 1. The van der Waals surface area contributed by atoms with Crippen LogP contribution in [0.25, 0.3) is 0 Å². The quantitative estimate of drug-likeness (QED) is 0.918. The Labute approximate surface area is 143 Å². The molecule has 1 aromatic rings. The molecule has 0 bridgehead atoms. The topological polar surface area (TPSA) is 66.6 Å². The van der Waals surface area contributed by atoms with Crippen molar-refractivity contribution < 1.29 is 9.59 Å². The Hall–Kier alpha value is -1.88. The zero-order chi connectivity index (χ0) is 17.2. The monoisotopic (exact) mass is 329 g/mol. The Balaban J connectivity index is 1.70. The summed E-state index contributed by atoms with van der Waals surface area (Å²) < 4.78 is 0. The van der Waals surface area contributed by atoms with Crippen LogP contribution >= 0.6 is 0 Å². The third-order valence-electron chi connectivity index (χ3n) is 5.43. The van der Waals surface area contributed by atoms with Gasteiger partial charge in [0.05, 0.1) is 5.41 Å². The van der Waals surface area contributed by atoms with Crippen LogP contribution < -0.4 is 5.73 Å². The van der Waals surface area contributed by atoms with Crippen LogP contribution in [-0.2, 0) is 4.79 Å². The fraction of sp³-hybridized carbons (Fsp3) is 0.579. The van der Waals surface area contributed by atoms with Gasteiger partial charge in [0.15, 0.2) is 0 Å². The summed E-state index contributed by atoms with van der Waals surface area (Å²) in [6, 6.07) is 9.32. The summed E-state index contributed by atoms with van der Waals surface area (Å²) in [4.78, 5) is 29.5. The van der Waals surface area contributed by atoms with Crippen molar-refractivity contribution in [3.05, 3.63) is 35.9 Å². The second kappa shape index (κ2) is 6.93. The molecule has 0 aliphatic carbocycles. The van der Waals surface area contributed by atoms with Crippen molar-refractivity contribution in [3.8, 4) is 0 Å². The van der Waals surface area contributed by atoms with Gasteiger partial charge in [-0.05, 0) is 50.8 Å². The summed E-state index contributed by atoms with van der Waals surface area (Å²) in [5.41, 5.74) is 5.96. The lowest BCUT2D eigenvalue weighted by Crippen LogP contribution is -2.52. The van der Waals surface area contributed by atoms with Crippen molar-refractivity contribution in [3.63, 3.8) is 0 Å². The molecule has 5 heteroatoms. The number of benzene rings is 1. The Kier molecular flexibility index (Phi) is 4.90. The summed E-state index contributed by atoms with van der Waals surface area (Å²) in [5, 5.41) is 0. The van der Waals surface area contributed by atoms with Gasteiger partial charge in [0.25, 0.3) is 5.91 Å². The Morgan fingerprint density at radius 1 is 1.21 bits per heavy atom. The molecule has 2 atom stereocenters. The number of carbonyl (C=O) groups is 2. The number of amides is 2. The first kappa shape index (κ1) is 17.0. The van der Waals surface area contributed by atoms with E-state index in [0.29, 0.717) is 24.6 Å². The zero-order valence-electron chi connectivity index (χ0n) is 14.4. The summed E-state index contributed by atoms with van der Waals surface area (Å²) in [6.07, 6.45) is 2.70. The Morgan fingerprint density at radius 2 is 1.96 bits per heavy atom. The van der Waals surface area contributed by atoms with Crippen LogP contribution in [0.5, 0.6) is 0 Å². The lowest BCUT2D eigenvalue weighted by molar-refractivity contribution is -0.142. The maximum Gasteiger partial charge on any atom is 0.253 e. The maximum atomic E-state index is 13.0. The highest BCUT2D eigenvalue weighted by Crippen LogP contribution is 2.34. The summed E-state index contributed by atoms with van der Waals surface area (Å²) in [7, 11) is 0. The van der Waals surface area contributed by atoms with Gasteiger partial charge in [0, 0.05) is 31.7 Å². The molecule has 0 radical (unpaired) electrons. The van der Waals surface area contributed by atoms with Crippen molar-refractivity contribution in [2.45, 2.75) is 26.2 Å². The molecule has 1 aromatic carbocycles. The Morgan fingerprint density at radius 3 is 2.62 bits per heavy atom. The first-order chi connectivity index (χ1) is 11.5. The van der Waals surface area contributed by atoms with E-state index in [9.17, 15) is 9.59 Å². The normalized spacial score (nSPS) is 27.3. The van der Waals surface area contributed by atoms with E-state index in [4.69, 9.17) is 5.73 Å². The smallest absolute Gasteiger partial charge is 0.253 e. The highest BCUT2D eigenvalue weighted by Gasteiger charge is 2.43. The molecule has 2 aliphatic heterocycles. The second-order valence-electron chi connectivity index (χ2n) is 7.40. The van der Waals surface area contributed by atoms with Gasteiger partial charge < -0.3 is 15.5 Å². The van der Waals surface area contributed by atoms with E-state index in [0.717, 1.165) is 38.9 Å².